The van der Waals surface area contributed by atoms with Crippen LogP contribution in [-0.2, 0) is 9.59 Å². The number of fused-ring (bicyclic) bond motifs is 1. The Kier molecular flexibility index (Phi) is 5.13. The molecule has 1 atom stereocenters. The van der Waals surface area contributed by atoms with E-state index in [9.17, 15) is 14.4 Å². The first kappa shape index (κ1) is 17.8. The lowest BCUT2D eigenvalue weighted by atomic mass is 10.2. The average molecular weight is 372 g/mol. The van der Waals surface area contributed by atoms with Gasteiger partial charge in [-0.15, -0.1) is 11.8 Å². The van der Waals surface area contributed by atoms with Crippen LogP contribution in [0.15, 0.2) is 47.4 Å². The second-order valence-corrected chi connectivity index (χ2v) is 6.81. The van der Waals surface area contributed by atoms with Gasteiger partial charge in [0.25, 0.3) is 0 Å². The van der Waals surface area contributed by atoms with Crippen molar-refractivity contribution in [1.29, 1.82) is 0 Å². The van der Waals surface area contributed by atoms with Crippen LogP contribution in [-0.4, -0.2) is 35.2 Å². The summed E-state index contributed by atoms with van der Waals surface area (Å²) in [4.78, 5) is 36.3. The summed E-state index contributed by atoms with van der Waals surface area (Å²) in [7, 11) is 1.51. The molecule has 2 aromatic rings. The minimum atomic E-state index is -1.05. The molecular formula is C18H16N2O5S. The zero-order valence-electron chi connectivity index (χ0n) is 13.8. The van der Waals surface area contributed by atoms with Gasteiger partial charge in [-0.05, 0) is 30.3 Å². The second kappa shape index (κ2) is 7.49. The number of rotatable bonds is 5. The number of carbonyl (C=O) groups is 3. The molecule has 134 valence electrons. The van der Waals surface area contributed by atoms with E-state index in [0.29, 0.717) is 22.0 Å². The third-order valence-corrected chi connectivity index (χ3v) is 5.06. The van der Waals surface area contributed by atoms with Gasteiger partial charge in [-0.3, -0.25) is 9.59 Å². The van der Waals surface area contributed by atoms with Crippen molar-refractivity contribution in [3.05, 3.63) is 48.0 Å². The van der Waals surface area contributed by atoms with Gasteiger partial charge in [-0.2, -0.15) is 0 Å². The molecule has 3 rings (SSSR count). The molecule has 0 spiro atoms. The maximum atomic E-state index is 12.3. The summed E-state index contributed by atoms with van der Waals surface area (Å²) in [6.07, 6.45) is -0.0503. The SMILES string of the molecule is COc1ccccc1NC(=O)CC1Sc2cc(C(=O)O)ccc2NC1=O. The molecule has 0 saturated heterocycles. The predicted molar refractivity (Wildman–Crippen MR) is 97.9 cm³/mol. The van der Waals surface area contributed by atoms with E-state index in [0.717, 1.165) is 0 Å². The quantitative estimate of drug-likeness (QED) is 0.745. The monoisotopic (exact) mass is 372 g/mol. The number of nitrogens with one attached hydrogen (secondary N) is 2. The van der Waals surface area contributed by atoms with Crippen LogP contribution in [0, 0.1) is 0 Å². The van der Waals surface area contributed by atoms with E-state index in [1.807, 2.05) is 0 Å². The summed E-state index contributed by atoms with van der Waals surface area (Å²) in [5, 5.41) is 13.9. The highest BCUT2D eigenvalue weighted by molar-refractivity contribution is 8.01. The number of carboxylic acids is 1. The number of hydrogen-bond donors (Lipinski definition) is 3. The fraction of sp³-hybridized carbons (Fsp3) is 0.167. The number of para-hydroxylation sites is 2. The normalized spacial score (nSPS) is 15.6. The summed E-state index contributed by atoms with van der Waals surface area (Å²) in [6.45, 7) is 0. The van der Waals surface area contributed by atoms with Crippen LogP contribution < -0.4 is 15.4 Å². The third kappa shape index (κ3) is 3.80. The highest BCUT2D eigenvalue weighted by atomic mass is 32.2. The van der Waals surface area contributed by atoms with Crippen LogP contribution in [0.2, 0.25) is 0 Å². The molecule has 0 bridgehead atoms. The Labute approximate surface area is 153 Å². The molecule has 1 aliphatic heterocycles. The van der Waals surface area contributed by atoms with Gasteiger partial charge in [-0.1, -0.05) is 12.1 Å². The van der Waals surface area contributed by atoms with E-state index >= 15 is 0 Å². The van der Waals surface area contributed by atoms with Crippen LogP contribution in [0.25, 0.3) is 0 Å². The van der Waals surface area contributed by atoms with Gasteiger partial charge in [0.05, 0.1) is 29.3 Å². The number of thioether (sulfide) groups is 1. The van der Waals surface area contributed by atoms with Crippen molar-refractivity contribution in [2.45, 2.75) is 16.6 Å². The molecule has 0 aromatic heterocycles. The molecule has 7 nitrogen and oxygen atoms in total. The third-order valence-electron chi connectivity index (χ3n) is 3.80. The molecule has 2 aromatic carbocycles. The molecule has 1 aliphatic rings. The lowest BCUT2D eigenvalue weighted by Gasteiger charge is -2.24. The smallest absolute Gasteiger partial charge is 0.335 e. The highest BCUT2D eigenvalue weighted by Crippen LogP contribution is 2.37. The van der Waals surface area contributed by atoms with Gasteiger partial charge < -0.3 is 20.5 Å². The van der Waals surface area contributed by atoms with Crippen molar-refractivity contribution in [1.82, 2.24) is 0 Å². The van der Waals surface area contributed by atoms with E-state index < -0.39 is 11.2 Å². The Hall–Kier alpha value is -3.00. The molecular weight excluding hydrogens is 356 g/mol. The number of hydrogen-bond acceptors (Lipinski definition) is 5. The minimum Gasteiger partial charge on any atom is -0.495 e. The number of benzene rings is 2. The number of carbonyl (C=O) groups excluding carboxylic acids is 2. The van der Waals surface area contributed by atoms with E-state index in [1.54, 1.807) is 30.3 Å². The Morgan fingerprint density at radius 3 is 2.77 bits per heavy atom. The number of ether oxygens (including phenoxy) is 1. The Morgan fingerprint density at radius 1 is 1.27 bits per heavy atom. The van der Waals surface area contributed by atoms with Gasteiger partial charge >= 0.3 is 5.97 Å². The minimum absolute atomic E-state index is 0.0503. The molecule has 1 heterocycles. The lowest BCUT2D eigenvalue weighted by molar-refractivity contribution is -0.120. The van der Waals surface area contributed by atoms with Crippen molar-refractivity contribution in [2.75, 3.05) is 17.7 Å². The molecule has 0 saturated carbocycles. The molecule has 3 N–H and O–H groups in total. The summed E-state index contributed by atoms with van der Waals surface area (Å²) < 4.78 is 5.18. The van der Waals surface area contributed by atoms with Gasteiger partial charge in [0.2, 0.25) is 11.8 Å². The van der Waals surface area contributed by atoms with Crippen LogP contribution in [0.5, 0.6) is 5.75 Å². The maximum absolute atomic E-state index is 12.3. The molecule has 8 heteroatoms. The van der Waals surface area contributed by atoms with Gasteiger partial charge in [0.1, 0.15) is 5.75 Å². The summed E-state index contributed by atoms with van der Waals surface area (Å²) >= 11 is 1.18. The van der Waals surface area contributed by atoms with Gasteiger partial charge in [0, 0.05) is 11.3 Å². The number of carboxylic acid groups (broad SMARTS) is 1. The zero-order valence-corrected chi connectivity index (χ0v) is 14.6. The van der Waals surface area contributed by atoms with Crippen molar-refractivity contribution >= 4 is 40.9 Å². The van der Waals surface area contributed by atoms with Crippen LogP contribution >= 0.6 is 11.8 Å². The van der Waals surface area contributed by atoms with Crippen molar-refractivity contribution in [3.63, 3.8) is 0 Å². The maximum Gasteiger partial charge on any atom is 0.335 e. The first-order chi connectivity index (χ1) is 12.5. The Morgan fingerprint density at radius 2 is 2.04 bits per heavy atom. The topological polar surface area (TPSA) is 105 Å². The van der Waals surface area contributed by atoms with Gasteiger partial charge in [0.15, 0.2) is 0 Å². The molecule has 0 aliphatic carbocycles. The first-order valence-electron chi connectivity index (χ1n) is 7.75. The summed E-state index contributed by atoms with van der Waals surface area (Å²) in [6, 6.07) is 11.5. The van der Waals surface area contributed by atoms with E-state index in [2.05, 4.69) is 10.6 Å². The Balaban J connectivity index is 1.72. The molecule has 26 heavy (non-hydrogen) atoms. The fourth-order valence-corrected chi connectivity index (χ4v) is 3.68. The van der Waals surface area contributed by atoms with Crippen molar-refractivity contribution in [2.24, 2.45) is 0 Å². The van der Waals surface area contributed by atoms with Crippen molar-refractivity contribution < 1.29 is 24.2 Å². The molecule has 1 unspecified atom stereocenters. The van der Waals surface area contributed by atoms with E-state index in [4.69, 9.17) is 9.84 Å². The number of methoxy groups -OCH3 is 1. The first-order valence-corrected chi connectivity index (χ1v) is 8.63. The zero-order chi connectivity index (χ0) is 18.7. The Bertz CT molecular complexity index is 884. The standard InChI is InChI=1S/C18H16N2O5S/c1-25-13-5-3-2-4-11(13)19-16(21)9-15-17(22)20-12-7-6-10(18(23)24)8-14(12)26-15/h2-8,15H,9H2,1H3,(H,19,21)(H,20,22)(H,23,24). The summed E-state index contributed by atoms with van der Waals surface area (Å²) in [5.74, 6) is -1.14. The lowest BCUT2D eigenvalue weighted by Crippen LogP contribution is -2.32. The highest BCUT2D eigenvalue weighted by Gasteiger charge is 2.29. The van der Waals surface area contributed by atoms with Crippen molar-refractivity contribution in [3.8, 4) is 5.75 Å². The van der Waals surface area contributed by atoms with E-state index in [-0.39, 0.29) is 23.8 Å². The molecule has 0 radical (unpaired) electrons. The number of anilines is 2. The summed E-state index contributed by atoms with van der Waals surface area (Å²) in [5.41, 5.74) is 1.20. The van der Waals surface area contributed by atoms with E-state index in [1.165, 1.54) is 31.0 Å². The largest absolute Gasteiger partial charge is 0.495 e. The fourth-order valence-electron chi connectivity index (χ4n) is 2.53. The van der Waals surface area contributed by atoms with Crippen LogP contribution in [0.3, 0.4) is 0 Å². The molecule has 0 fully saturated rings. The van der Waals surface area contributed by atoms with Crippen LogP contribution in [0.4, 0.5) is 11.4 Å². The average Bonchev–Trinajstić information content (AvgIpc) is 2.62. The molecule has 2 amide bonds. The van der Waals surface area contributed by atoms with Gasteiger partial charge in [-0.25, -0.2) is 4.79 Å². The van der Waals surface area contributed by atoms with Crippen LogP contribution in [0.1, 0.15) is 16.8 Å². The number of amides is 2. The predicted octanol–water partition coefficient (Wildman–Crippen LogP) is 2.83. The number of aromatic carboxylic acids is 1. The second-order valence-electron chi connectivity index (χ2n) is 5.56.